The molecule has 0 bridgehead atoms. The Labute approximate surface area is 329 Å². The molecule has 4 heteroatoms. The third-order valence-corrected chi connectivity index (χ3v) is 13.6. The Morgan fingerprint density at radius 3 is 1.65 bits per heavy atom. The van der Waals surface area contributed by atoms with E-state index in [4.69, 9.17) is 9.47 Å². The van der Waals surface area contributed by atoms with E-state index in [-0.39, 0.29) is 6.71 Å². The van der Waals surface area contributed by atoms with Gasteiger partial charge in [-0.2, -0.15) is 0 Å². The van der Waals surface area contributed by atoms with Crippen LogP contribution in [0.2, 0.25) is 0 Å². The van der Waals surface area contributed by atoms with Crippen molar-refractivity contribution in [3.8, 4) is 28.7 Å². The van der Waals surface area contributed by atoms with Gasteiger partial charge in [0.25, 0.3) is 6.71 Å². The number of aryl methyl sites for hydroxylation is 2. The molecule has 9 aromatic carbocycles. The van der Waals surface area contributed by atoms with Gasteiger partial charge in [-0.05, 0) is 127 Å². The van der Waals surface area contributed by atoms with E-state index in [9.17, 15) is 0 Å². The molecular formula is C53H32BNO2. The molecule has 1 spiro atoms. The molecule has 57 heavy (non-hydrogen) atoms. The lowest BCUT2D eigenvalue weighted by molar-refractivity contribution is 0.461. The van der Waals surface area contributed by atoms with Crippen LogP contribution in [-0.2, 0) is 18.3 Å². The van der Waals surface area contributed by atoms with Crippen molar-refractivity contribution >= 4 is 66.5 Å². The maximum atomic E-state index is 6.81. The van der Waals surface area contributed by atoms with Gasteiger partial charge in [0.05, 0.1) is 16.4 Å². The summed E-state index contributed by atoms with van der Waals surface area (Å²) in [4.78, 5) is 0. The van der Waals surface area contributed by atoms with Crippen LogP contribution in [0.3, 0.4) is 0 Å². The zero-order valence-corrected chi connectivity index (χ0v) is 30.9. The summed E-state index contributed by atoms with van der Waals surface area (Å²) in [6, 6.07) is 62.8. The largest absolute Gasteiger partial charge is 0.458 e. The van der Waals surface area contributed by atoms with Gasteiger partial charge in [-0.25, -0.2) is 0 Å². The molecule has 0 amide bonds. The van der Waals surface area contributed by atoms with E-state index in [1.54, 1.807) is 0 Å². The maximum absolute atomic E-state index is 6.81. The highest BCUT2D eigenvalue weighted by Gasteiger charge is 2.57. The number of nitrogens with zero attached hydrogens (tertiary/aromatic N) is 1. The van der Waals surface area contributed by atoms with Gasteiger partial charge in [0.1, 0.15) is 23.0 Å². The van der Waals surface area contributed by atoms with Crippen molar-refractivity contribution in [1.82, 2.24) is 4.57 Å². The summed E-state index contributed by atoms with van der Waals surface area (Å²) in [6.07, 6.45) is 1.85. The standard InChI is InChI=1S/C53H32BNO2/c1-3-15-41-36(10-1)37-11-2-4-16-42(37)55(41)35-29-22-31(23-30-35)21-24-34-28-27-33-26-25-32-9-5-12-38-47(32)48(33)49(34)53(38)39-13-6-17-43-50(39)54-51-40(53)14-7-18-44(51)57-46-20-8-19-45(56-43)52(46)54/h1-20,22-23,25-30H,21,24H2. The number of benzene rings is 9. The molecule has 0 saturated heterocycles. The predicted octanol–water partition coefficient (Wildman–Crippen LogP) is 10.6. The number of hydrogen-bond donors (Lipinski definition) is 0. The van der Waals surface area contributed by atoms with Crippen molar-refractivity contribution in [3.05, 3.63) is 203 Å². The molecule has 4 heterocycles. The first kappa shape index (κ1) is 30.2. The van der Waals surface area contributed by atoms with Gasteiger partial charge in [-0.1, -0.05) is 121 Å². The van der Waals surface area contributed by atoms with Crippen molar-refractivity contribution in [2.45, 2.75) is 18.3 Å². The molecule has 0 radical (unpaired) electrons. The van der Waals surface area contributed by atoms with E-state index in [0.717, 1.165) is 41.3 Å². The topological polar surface area (TPSA) is 23.4 Å². The summed E-state index contributed by atoms with van der Waals surface area (Å²) in [6.45, 7) is 0.0420. The molecule has 3 aliphatic heterocycles. The normalized spacial score (nSPS) is 14.5. The first-order chi connectivity index (χ1) is 28.3. The van der Waals surface area contributed by atoms with Crippen LogP contribution in [-0.4, -0.2) is 11.3 Å². The summed E-state index contributed by atoms with van der Waals surface area (Å²) in [5.41, 5.74) is 14.9. The van der Waals surface area contributed by atoms with Gasteiger partial charge in [0, 0.05) is 21.9 Å². The number of rotatable bonds is 4. The fraction of sp³-hybridized carbons (Fsp3) is 0.0566. The van der Waals surface area contributed by atoms with Crippen molar-refractivity contribution < 1.29 is 9.47 Å². The Hall–Kier alpha value is -7.04. The van der Waals surface area contributed by atoms with Crippen LogP contribution >= 0.6 is 0 Å². The Balaban J connectivity index is 0.963. The number of aromatic nitrogens is 1. The van der Waals surface area contributed by atoms with Crippen LogP contribution in [0.4, 0.5) is 0 Å². The molecule has 4 aliphatic rings. The maximum Gasteiger partial charge on any atom is 0.261 e. The second-order valence-corrected chi connectivity index (χ2v) is 16.2. The molecule has 264 valence electrons. The van der Waals surface area contributed by atoms with E-state index in [1.165, 1.54) is 93.3 Å². The first-order valence-electron chi connectivity index (χ1n) is 20.1. The lowest BCUT2D eigenvalue weighted by Gasteiger charge is -2.47. The molecule has 3 nitrogen and oxygen atoms in total. The van der Waals surface area contributed by atoms with E-state index >= 15 is 0 Å². The second-order valence-electron chi connectivity index (χ2n) is 16.2. The zero-order valence-electron chi connectivity index (χ0n) is 30.9. The SMILES string of the molecule is c1cc2c3c(c1)Oc1cccc4c1B3c1c(cccc1C41c3cccc4ccc5ccc(CCc6ccc(-n7c8ccccc8c8ccccc87)cc6)c1c5c34)O2. The Bertz CT molecular complexity index is 3300. The molecule has 0 unspecified atom stereocenters. The van der Waals surface area contributed by atoms with Gasteiger partial charge >= 0.3 is 0 Å². The molecule has 1 aliphatic carbocycles. The number of ether oxygens (including phenoxy) is 2. The van der Waals surface area contributed by atoms with E-state index < -0.39 is 5.41 Å². The average molecular weight is 726 g/mol. The minimum absolute atomic E-state index is 0.0420. The molecule has 0 fully saturated rings. The van der Waals surface area contributed by atoms with E-state index in [2.05, 4.69) is 168 Å². The van der Waals surface area contributed by atoms with Gasteiger partial charge in [0.2, 0.25) is 0 Å². The molecule has 10 aromatic rings. The molecule has 0 N–H and O–H groups in total. The van der Waals surface area contributed by atoms with Gasteiger partial charge in [-0.3, -0.25) is 0 Å². The summed E-state index contributed by atoms with van der Waals surface area (Å²) in [5, 5.41) is 7.89. The fourth-order valence-electron chi connectivity index (χ4n) is 11.5. The first-order valence-corrected chi connectivity index (χ1v) is 20.1. The molecule has 0 atom stereocenters. The fourth-order valence-corrected chi connectivity index (χ4v) is 11.5. The van der Waals surface area contributed by atoms with E-state index in [0.29, 0.717) is 0 Å². The number of hydrogen-bond acceptors (Lipinski definition) is 2. The Morgan fingerprint density at radius 2 is 0.982 bits per heavy atom. The van der Waals surface area contributed by atoms with Crippen LogP contribution < -0.4 is 25.9 Å². The van der Waals surface area contributed by atoms with Crippen molar-refractivity contribution in [3.63, 3.8) is 0 Å². The minimum Gasteiger partial charge on any atom is -0.458 e. The van der Waals surface area contributed by atoms with Crippen LogP contribution in [0.5, 0.6) is 23.0 Å². The summed E-state index contributed by atoms with van der Waals surface area (Å²) in [5.74, 6) is 3.68. The third kappa shape index (κ3) is 3.65. The molecule has 0 saturated carbocycles. The smallest absolute Gasteiger partial charge is 0.261 e. The summed E-state index contributed by atoms with van der Waals surface area (Å²) in [7, 11) is 0. The van der Waals surface area contributed by atoms with Crippen molar-refractivity contribution in [2.75, 3.05) is 0 Å². The number of para-hydroxylation sites is 2. The van der Waals surface area contributed by atoms with Crippen molar-refractivity contribution in [1.29, 1.82) is 0 Å². The van der Waals surface area contributed by atoms with Crippen LogP contribution in [0.1, 0.15) is 33.4 Å². The van der Waals surface area contributed by atoms with Crippen LogP contribution in [0.25, 0.3) is 49.0 Å². The highest BCUT2D eigenvalue weighted by molar-refractivity contribution is 6.99. The van der Waals surface area contributed by atoms with Crippen LogP contribution in [0, 0.1) is 0 Å². The quantitative estimate of drug-likeness (QED) is 0.133. The molecular weight excluding hydrogens is 693 g/mol. The number of fused-ring (bicyclic) bond motifs is 7. The van der Waals surface area contributed by atoms with Crippen molar-refractivity contribution in [2.24, 2.45) is 0 Å². The molecule has 1 aromatic heterocycles. The van der Waals surface area contributed by atoms with Gasteiger partial charge < -0.3 is 14.0 Å². The summed E-state index contributed by atoms with van der Waals surface area (Å²) >= 11 is 0. The molecule has 14 rings (SSSR count). The highest BCUT2D eigenvalue weighted by Crippen LogP contribution is 2.59. The van der Waals surface area contributed by atoms with Gasteiger partial charge in [0.15, 0.2) is 0 Å². The average Bonchev–Trinajstić information content (AvgIpc) is 3.77. The monoisotopic (exact) mass is 725 g/mol. The highest BCUT2D eigenvalue weighted by atomic mass is 16.5. The third-order valence-electron chi connectivity index (χ3n) is 13.6. The minimum atomic E-state index is -0.540. The second kappa shape index (κ2) is 10.6. The Kier molecular flexibility index (Phi) is 5.63. The Morgan fingerprint density at radius 1 is 0.439 bits per heavy atom. The predicted molar refractivity (Wildman–Crippen MR) is 233 cm³/mol. The van der Waals surface area contributed by atoms with E-state index in [1.807, 2.05) is 6.07 Å². The van der Waals surface area contributed by atoms with Gasteiger partial charge in [-0.15, -0.1) is 0 Å². The zero-order chi connectivity index (χ0) is 37.0. The lowest BCUT2D eigenvalue weighted by atomic mass is 9.29. The van der Waals surface area contributed by atoms with Crippen LogP contribution in [0.15, 0.2) is 170 Å². The summed E-state index contributed by atoms with van der Waals surface area (Å²) < 4.78 is 16.0. The lowest BCUT2D eigenvalue weighted by Crippen LogP contribution is -2.65.